The summed E-state index contributed by atoms with van der Waals surface area (Å²) in [4.78, 5) is 34.9. The number of hydrogen-bond acceptors (Lipinski definition) is 7. The molecule has 0 spiro atoms. The zero-order valence-electron chi connectivity index (χ0n) is 14.2. The number of esters is 1. The van der Waals surface area contributed by atoms with Crippen molar-refractivity contribution >= 4 is 29.0 Å². The number of carbonyl (C=O) groups is 2. The zero-order valence-corrected chi connectivity index (χ0v) is 14.2. The van der Waals surface area contributed by atoms with Crippen LogP contribution >= 0.6 is 0 Å². The Morgan fingerprint density at radius 2 is 1.81 bits per heavy atom. The van der Waals surface area contributed by atoms with Gasteiger partial charge in [-0.3, -0.25) is 14.9 Å². The average molecular weight is 366 g/mol. The van der Waals surface area contributed by atoms with E-state index in [4.69, 9.17) is 4.74 Å². The summed E-state index contributed by atoms with van der Waals surface area (Å²) in [5.74, 6) is -1.60. The Bertz CT molecular complexity index is 917. The second kappa shape index (κ2) is 8.87. The van der Waals surface area contributed by atoms with Crippen LogP contribution in [-0.2, 0) is 9.53 Å². The Morgan fingerprint density at radius 1 is 1.19 bits per heavy atom. The monoisotopic (exact) mass is 366 g/mol. The molecule has 2 aromatic carbocycles. The molecule has 1 amide bonds. The number of amides is 1. The molecular weight excluding hydrogens is 352 g/mol. The first-order chi connectivity index (χ1) is 13.0. The number of rotatable bonds is 6. The maximum atomic E-state index is 12.8. The number of ether oxygens (including phenoxy) is 1. The molecule has 0 radical (unpaired) electrons. The van der Waals surface area contributed by atoms with Crippen LogP contribution in [0.1, 0.15) is 17.3 Å². The lowest BCUT2D eigenvalue weighted by Gasteiger charge is -2.17. The molecule has 0 fully saturated rings. The summed E-state index contributed by atoms with van der Waals surface area (Å²) in [5.41, 5.74) is -0.410. The minimum Gasteiger partial charge on any atom is -0.461 e. The lowest BCUT2D eigenvalue weighted by Crippen LogP contribution is -2.29. The first kappa shape index (κ1) is 19.3. The Kier molecular flexibility index (Phi) is 6.33. The van der Waals surface area contributed by atoms with Crippen molar-refractivity contribution in [1.29, 1.82) is 5.26 Å². The molecule has 136 valence electrons. The van der Waals surface area contributed by atoms with Crippen LogP contribution in [0.15, 0.2) is 59.7 Å². The maximum Gasteiger partial charge on any atom is 0.369 e. The molecule has 0 heterocycles. The first-order valence-electron chi connectivity index (χ1n) is 7.77. The molecule has 0 aliphatic rings. The summed E-state index contributed by atoms with van der Waals surface area (Å²) in [6.45, 7) is 1.60. The highest BCUT2D eigenvalue weighted by Crippen LogP contribution is 2.22. The highest BCUT2D eigenvalue weighted by Gasteiger charge is 2.22. The van der Waals surface area contributed by atoms with E-state index < -0.39 is 22.5 Å². The number of benzene rings is 2. The van der Waals surface area contributed by atoms with Crippen molar-refractivity contribution in [3.05, 3.63) is 70.3 Å². The highest BCUT2D eigenvalue weighted by atomic mass is 16.6. The molecule has 0 unspecified atom stereocenters. The molecule has 0 N–H and O–H groups in total. The number of anilines is 1. The number of hydrazone groups is 1. The predicted octanol–water partition coefficient (Wildman–Crippen LogP) is 2.68. The minimum absolute atomic E-state index is 0.0314. The molecule has 0 saturated heterocycles. The Hall–Kier alpha value is -4.06. The third-order valence-corrected chi connectivity index (χ3v) is 3.29. The topological polar surface area (TPSA) is 126 Å². The maximum absolute atomic E-state index is 12.8. The van der Waals surface area contributed by atoms with Gasteiger partial charge in [0.2, 0.25) is 5.71 Å². The van der Waals surface area contributed by atoms with Crippen LogP contribution in [0.25, 0.3) is 0 Å². The fraction of sp³-hybridized carbons (Fsp3) is 0.111. The first-order valence-corrected chi connectivity index (χ1v) is 7.77. The molecule has 0 aliphatic heterocycles. The smallest absolute Gasteiger partial charge is 0.369 e. The van der Waals surface area contributed by atoms with Gasteiger partial charge < -0.3 is 4.74 Å². The average Bonchev–Trinajstić information content (AvgIpc) is 2.69. The van der Waals surface area contributed by atoms with Crippen molar-refractivity contribution in [3.8, 4) is 6.07 Å². The van der Waals surface area contributed by atoms with Crippen LogP contribution in [0.2, 0.25) is 0 Å². The van der Waals surface area contributed by atoms with Gasteiger partial charge in [-0.2, -0.15) is 10.3 Å². The number of nitro groups is 1. The predicted molar refractivity (Wildman–Crippen MR) is 96.0 cm³/mol. The fourth-order valence-electron chi connectivity index (χ4n) is 2.05. The van der Waals surface area contributed by atoms with E-state index in [1.165, 1.54) is 36.4 Å². The van der Waals surface area contributed by atoms with E-state index in [9.17, 15) is 25.0 Å². The fourth-order valence-corrected chi connectivity index (χ4v) is 2.05. The Morgan fingerprint density at radius 3 is 2.33 bits per heavy atom. The van der Waals surface area contributed by atoms with Gasteiger partial charge in [-0.05, 0) is 31.2 Å². The van der Waals surface area contributed by atoms with E-state index in [0.29, 0.717) is 0 Å². The SMILES string of the molecule is CCOC(=O)C(C#N)=NN(C(=O)c1ccccc1)c1ccc([N+](=O)[O-])cc1. The van der Waals surface area contributed by atoms with E-state index in [0.717, 1.165) is 5.01 Å². The van der Waals surface area contributed by atoms with Gasteiger partial charge >= 0.3 is 5.97 Å². The van der Waals surface area contributed by atoms with Crippen LogP contribution in [0.3, 0.4) is 0 Å². The van der Waals surface area contributed by atoms with Crippen molar-refractivity contribution in [2.45, 2.75) is 6.92 Å². The zero-order chi connectivity index (χ0) is 19.8. The number of hydrogen-bond donors (Lipinski definition) is 0. The largest absolute Gasteiger partial charge is 0.461 e. The van der Waals surface area contributed by atoms with Gasteiger partial charge in [0, 0.05) is 17.7 Å². The van der Waals surface area contributed by atoms with E-state index in [1.807, 2.05) is 0 Å². The highest BCUT2D eigenvalue weighted by molar-refractivity contribution is 6.43. The van der Waals surface area contributed by atoms with Gasteiger partial charge in [0.15, 0.2) is 0 Å². The summed E-state index contributed by atoms with van der Waals surface area (Å²) in [7, 11) is 0. The van der Waals surface area contributed by atoms with Gasteiger partial charge in [0.05, 0.1) is 17.2 Å². The van der Waals surface area contributed by atoms with Crippen molar-refractivity contribution in [2.24, 2.45) is 5.10 Å². The third-order valence-electron chi connectivity index (χ3n) is 3.29. The van der Waals surface area contributed by atoms with Gasteiger partial charge in [-0.1, -0.05) is 18.2 Å². The van der Waals surface area contributed by atoms with Crippen LogP contribution in [0, 0.1) is 21.4 Å². The summed E-state index contributed by atoms with van der Waals surface area (Å²) < 4.78 is 4.75. The summed E-state index contributed by atoms with van der Waals surface area (Å²) in [6.07, 6.45) is 0. The number of nitrogens with zero attached hydrogens (tertiary/aromatic N) is 4. The normalized spacial score (nSPS) is 10.6. The van der Waals surface area contributed by atoms with Crippen molar-refractivity contribution in [3.63, 3.8) is 0 Å². The van der Waals surface area contributed by atoms with E-state index in [-0.39, 0.29) is 23.5 Å². The molecule has 9 nitrogen and oxygen atoms in total. The number of non-ortho nitro benzene ring substituents is 1. The third kappa shape index (κ3) is 4.73. The second-order valence-corrected chi connectivity index (χ2v) is 5.04. The van der Waals surface area contributed by atoms with Gasteiger partial charge in [-0.25, -0.2) is 4.79 Å². The van der Waals surface area contributed by atoms with Crippen LogP contribution in [-0.4, -0.2) is 29.1 Å². The van der Waals surface area contributed by atoms with Crippen molar-refractivity contribution in [2.75, 3.05) is 11.6 Å². The standard InChI is InChI=1S/C18H14N4O5/c1-2-27-18(24)16(12-19)20-21(17(23)13-6-4-3-5-7-13)14-8-10-15(11-9-14)22(25)26/h3-11H,2H2,1H3. The molecule has 0 saturated carbocycles. The van der Waals surface area contributed by atoms with Gasteiger partial charge in [-0.15, -0.1) is 5.10 Å². The van der Waals surface area contributed by atoms with Crippen LogP contribution in [0.5, 0.6) is 0 Å². The molecule has 2 aromatic rings. The second-order valence-electron chi connectivity index (χ2n) is 5.04. The summed E-state index contributed by atoms with van der Waals surface area (Å²) in [6, 6.07) is 14.6. The molecule has 0 aliphatic carbocycles. The van der Waals surface area contributed by atoms with E-state index in [1.54, 1.807) is 31.2 Å². The molecule has 0 aromatic heterocycles. The molecular formula is C18H14N4O5. The quantitative estimate of drug-likeness (QED) is 0.335. The van der Waals surface area contributed by atoms with Gasteiger partial charge in [0.1, 0.15) is 6.07 Å². The van der Waals surface area contributed by atoms with Crippen LogP contribution < -0.4 is 5.01 Å². The number of nitriles is 1. The van der Waals surface area contributed by atoms with Gasteiger partial charge in [0.25, 0.3) is 11.6 Å². The molecule has 0 atom stereocenters. The molecule has 0 bridgehead atoms. The van der Waals surface area contributed by atoms with Crippen molar-refractivity contribution in [1.82, 2.24) is 0 Å². The lowest BCUT2D eigenvalue weighted by molar-refractivity contribution is -0.384. The van der Waals surface area contributed by atoms with Crippen LogP contribution in [0.4, 0.5) is 11.4 Å². The minimum atomic E-state index is -0.979. The van der Waals surface area contributed by atoms with E-state index >= 15 is 0 Å². The summed E-state index contributed by atoms with van der Waals surface area (Å²) in [5, 5.41) is 24.7. The number of nitro benzene ring substituents is 1. The van der Waals surface area contributed by atoms with E-state index in [2.05, 4.69) is 5.10 Å². The molecule has 9 heteroatoms. The Balaban J connectivity index is 2.51. The molecule has 27 heavy (non-hydrogen) atoms. The summed E-state index contributed by atoms with van der Waals surface area (Å²) >= 11 is 0. The van der Waals surface area contributed by atoms with Crippen molar-refractivity contribution < 1.29 is 19.2 Å². The Labute approximate surface area is 154 Å². The molecule has 2 rings (SSSR count). The number of carbonyl (C=O) groups excluding carboxylic acids is 2. The lowest BCUT2D eigenvalue weighted by atomic mass is 10.2.